The molecule has 0 aliphatic carbocycles. The number of thiazole rings is 1. The minimum Gasteiger partial charge on any atom is -0.391 e. The third-order valence-corrected chi connectivity index (χ3v) is 4.22. The Balaban J connectivity index is 2.13. The third kappa shape index (κ3) is 2.66. The first-order valence-electron chi connectivity index (χ1n) is 5.81. The number of hydrogen-bond donors (Lipinski definition) is 1. The highest BCUT2D eigenvalue weighted by molar-refractivity contribution is 7.13. The van der Waals surface area contributed by atoms with Crippen molar-refractivity contribution in [2.45, 2.75) is 38.7 Å². The van der Waals surface area contributed by atoms with E-state index in [4.69, 9.17) is 0 Å². The number of rotatable bonds is 1. The van der Waals surface area contributed by atoms with E-state index in [1.807, 2.05) is 0 Å². The van der Waals surface area contributed by atoms with E-state index in [2.05, 4.69) is 25.8 Å². The summed E-state index contributed by atoms with van der Waals surface area (Å²) in [5.74, 6) is -0.00505. The van der Waals surface area contributed by atoms with Gasteiger partial charge in [0.05, 0.1) is 17.3 Å². The number of carbonyl (C=O) groups excluding carboxylic acids is 1. The topological polar surface area (TPSA) is 53.4 Å². The van der Waals surface area contributed by atoms with Crippen molar-refractivity contribution in [3.8, 4) is 0 Å². The highest BCUT2D eigenvalue weighted by Crippen LogP contribution is 2.28. The maximum absolute atomic E-state index is 12.1. The highest BCUT2D eigenvalue weighted by atomic mass is 32.1. The number of aliphatic hydroxyl groups is 1. The molecule has 1 atom stereocenters. The molecular weight excluding hydrogens is 236 g/mol. The minimum absolute atomic E-state index is 0.00505. The van der Waals surface area contributed by atoms with Gasteiger partial charge in [0.2, 0.25) is 0 Å². The van der Waals surface area contributed by atoms with Crippen LogP contribution in [0.25, 0.3) is 0 Å². The van der Waals surface area contributed by atoms with Crippen LogP contribution in [0.4, 0.5) is 0 Å². The fourth-order valence-electron chi connectivity index (χ4n) is 1.80. The zero-order valence-electron chi connectivity index (χ0n) is 10.4. The van der Waals surface area contributed by atoms with Crippen molar-refractivity contribution in [2.75, 3.05) is 13.1 Å². The van der Waals surface area contributed by atoms with Crippen LogP contribution in [0.5, 0.6) is 0 Å². The molecule has 94 valence electrons. The van der Waals surface area contributed by atoms with Crippen LogP contribution in [0.15, 0.2) is 6.20 Å². The molecule has 4 nitrogen and oxygen atoms in total. The SMILES string of the molecule is CC(C)(C)c1ncc(C(=O)N2CC[C@@H](O)C2)s1. The summed E-state index contributed by atoms with van der Waals surface area (Å²) in [5, 5.41) is 10.4. The van der Waals surface area contributed by atoms with Gasteiger partial charge in [0.25, 0.3) is 5.91 Å². The Labute approximate surface area is 105 Å². The number of carbonyl (C=O) groups is 1. The molecule has 1 fully saturated rings. The molecule has 5 heteroatoms. The van der Waals surface area contributed by atoms with Gasteiger partial charge in [0.1, 0.15) is 4.88 Å². The van der Waals surface area contributed by atoms with Gasteiger partial charge in [-0.1, -0.05) is 20.8 Å². The lowest BCUT2D eigenvalue weighted by Crippen LogP contribution is -2.28. The number of nitrogens with zero attached hydrogens (tertiary/aromatic N) is 2. The Morgan fingerprint density at radius 2 is 2.29 bits per heavy atom. The fraction of sp³-hybridized carbons (Fsp3) is 0.667. The standard InChI is InChI=1S/C12H18N2O2S/c1-12(2,3)11-13-6-9(17-11)10(16)14-5-4-8(15)7-14/h6,8,15H,4-5,7H2,1-3H3/t8-/m1/s1. The smallest absolute Gasteiger partial charge is 0.265 e. The monoisotopic (exact) mass is 254 g/mol. The molecule has 17 heavy (non-hydrogen) atoms. The van der Waals surface area contributed by atoms with Gasteiger partial charge in [-0.3, -0.25) is 4.79 Å². The molecule has 1 saturated heterocycles. The fourth-order valence-corrected chi connectivity index (χ4v) is 2.74. The average Bonchev–Trinajstić information content (AvgIpc) is 2.83. The summed E-state index contributed by atoms with van der Waals surface area (Å²) in [7, 11) is 0. The third-order valence-electron chi connectivity index (χ3n) is 2.81. The second-order valence-electron chi connectivity index (χ2n) is 5.47. The molecule has 2 heterocycles. The van der Waals surface area contributed by atoms with Gasteiger partial charge in [-0.05, 0) is 6.42 Å². The molecule has 2 rings (SSSR count). The van der Waals surface area contributed by atoms with Crippen LogP contribution < -0.4 is 0 Å². The van der Waals surface area contributed by atoms with Crippen molar-refractivity contribution in [2.24, 2.45) is 0 Å². The molecule has 1 aliphatic rings. The maximum atomic E-state index is 12.1. The van der Waals surface area contributed by atoms with E-state index in [1.54, 1.807) is 11.1 Å². The van der Waals surface area contributed by atoms with Crippen molar-refractivity contribution in [1.29, 1.82) is 0 Å². The number of likely N-dealkylation sites (tertiary alicyclic amines) is 1. The summed E-state index contributed by atoms with van der Waals surface area (Å²) in [4.78, 5) is 18.8. The van der Waals surface area contributed by atoms with Crippen LogP contribution in [-0.2, 0) is 5.41 Å². The summed E-state index contributed by atoms with van der Waals surface area (Å²) in [6.45, 7) is 7.34. The van der Waals surface area contributed by atoms with Gasteiger partial charge in [-0.2, -0.15) is 0 Å². The second-order valence-corrected chi connectivity index (χ2v) is 6.50. The molecule has 0 radical (unpaired) electrons. The molecule has 1 N–H and O–H groups in total. The summed E-state index contributed by atoms with van der Waals surface area (Å²) in [6, 6.07) is 0. The molecule has 0 spiro atoms. The molecule has 0 unspecified atom stereocenters. The number of β-amino-alcohol motifs (C(OH)–C–C–N with tert-alkyl or cyclic N) is 1. The molecule has 0 bridgehead atoms. The van der Waals surface area contributed by atoms with E-state index in [0.29, 0.717) is 24.4 Å². The van der Waals surface area contributed by atoms with E-state index in [0.717, 1.165) is 5.01 Å². The normalized spacial score (nSPS) is 20.9. The summed E-state index contributed by atoms with van der Waals surface area (Å²) < 4.78 is 0. The molecule has 0 aromatic carbocycles. The molecule has 0 saturated carbocycles. The van der Waals surface area contributed by atoms with E-state index >= 15 is 0 Å². The Bertz CT molecular complexity index is 422. The Hall–Kier alpha value is -0.940. The van der Waals surface area contributed by atoms with Crippen LogP contribution in [0.3, 0.4) is 0 Å². The van der Waals surface area contributed by atoms with E-state index in [-0.39, 0.29) is 17.4 Å². The first-order valence-corrected chi connectivity index (χ1v) is 6.63. The second kappa shape index (κ2) is 4.38. The van der Waals surface area contributed by atoms with Crippen LogP contribution in [0.2, 0.25) is 0 Å². The van der Waals surface area contributed by atoms with Gasteiger partial charge in [-0.15, -0.1) is 11.3 Å². The Morgan fingerprint density at radius 1 is 1.59 bits per heavy atom. The predicted molar refractivity (Wildman–Crippen MR) is 67.3 cm³/mol. The molecule has 1 aromatic rings. The zero-order chi connectivity index (χ0) is 12.6. The van der Waals surface area contributed by atoms with Crippen LogP contribution in [-0.4, -0.2) is 40.1 Å². The van der Waals surface area contributed by atoms with Crippen molar-refractivity contribution in [3.05, 3.63) is 16.1 Å². The zero-order valence-corrected chi connectivity index (χ0v) is 11.3. The average molecular weight is 254 g/mol. The lowest BCUT2D eigenvalue weighted by atomic mass is 9.98. The van der Waals surface area contributed by atoms with Crippen molar-refractivity contribution in [3.63, 3.8) is 0 Å². The largest absolute Gasteiger partial charge is 0.391 e. The minimum atomic E-state index is -0.367. The van der Waals surface area contributed by atoms with Crippen molar-refractivity contribution < 1.29 is 9.90 Å². The molecular formula is C12H18N2O2S. The summed E-state index contributed by atoms with van der Waals surface area (Å²) >= 11 is 1.45. The lowest BCUT2D eigenvalue weighted by molar-refractivity contribution is 0.0769. The Morgan fingerprint density at radius 3 is 2.76 bits per heavy atom. The molecule has 1 aliphatic heterocycles. The van der Waals surface area contributed by atoms with Gasteiger partial charge in [-0.25, -0.2) is 4.98 Å². The number of aromatic nitrogens is 1. The molecule has 1 aromatic heterocycles. The van der Waals surface area contributed by atoms with Crippen LogP contribution in [0.1, 0.15) is 41.9 Å². The van der Waals surface area contributed by atoms with Gasteiger partial charge in [0, 0.05) is 18.5 Å². The van der Waals surface area contributed by atoms with Crippen LogP contribution in [0, 0.1) is 0 Å². The summed E-state index contributed by atoms with van der Waals surface area (Å²) in [6.07, 6.45) is 1.96. The number of hydrogen-bond acceptors (Lipinski definition) is 4. The first kappa shape index (κ1) is 12.5. The quantitative estimate of drug-likeness (QED) is 0.829. The van der Waals surface area contributed by atoms with Gasteiger partial charge >= 0.3 is 0 Å². The lowest BCUT2D eigenvalue weighted by Gasteiger charge is -2.15. The first-order chi connectivity index (χ1) is 7.88. The number of aliphatic hydroxyl groups excluding tert-OH is 1. The van der Waals surface area contributed by atoms with Crippen LogP contribution >= 0.6 is 11.3 Å². The molecule has 1 amide bonds. The van der Waals surface area contributed by atoms with E-state index < -0.39 is 0 Å². The maximum Gasteiger partial charge on any atom is 0.265 e. The van der Waals surface area contributed by atoms with Gasteiger partial charge in [0.15, 0.2) is 0 Å². The number of amides is 1. The van der Waals surface area contributed by atoms with Crippen molar-refractivity contribution in [1.82, 2.24) is 9.88 Å². The van der Waals surface area contributed by atoms with Gasteiger partial charge < -0.3 is 10.0 Å². The predicted octanol–water partition coefficient (Wildman–Crippen LogP) is 1.65. The highest BCUT2D eigenvalue weighted by Gasteiger charge is 2.28. The van der Waals surface area contributed by atoms with E-state index in [9.17, 15) is 9.90 Å². The van der Waals surface area contributed by atoms with E-state index in [1.165, 1.54) is 11.3 Å². The van der Waals surface area contributed by atoms with Crippen molar-refractivity contribution >= 4 is 17.2 Å². The Kier molecular flexibility index (Phi) is 3.23. The summed E-state index contributed by atoms with van der Waals surface area (Å²) in [5.41, 5.74) is -0.0201.